The number of rotatable bonds is 7. The number of carboxylic acid groups (broad SMARTS) is 1. The summed E-state index contributed by atoms with van der Waals surface area (Å²) >= 11 is 7.47. The fourth-order valence-corrected chi connectivity index (χ4v) is 5.20. The molecule has 2 N–H and O–H groups in total. The number of ether oxygens (including phenoxy) is 1. The molecule has 2 aliphatic heterocycles. The summed E-state index contributed by atoms with van der Waals surface area (Å²) in [6.45, 7) is 1.01. The van der Waals surface area contributed by atoms with Gasteiger partial charge in [0.2, 0.25) is 5.91 Å². The van der Waals surface area contributed by atoms with Gasteiger partial charge in [-0.15, -0.1) is 11.8 Å². The minimum absolute atomic E-state index is 0.0923. The van der Waals surface area contributed by atoms with Crippen molar-refractivity contribution in [2.24, 2.45) is 0 Å². The highest BCUT2D eigenvalue weighted by atomic mass is 35.5. The van der Waals surface area contributed by atoms with E-state index in [-0.39, 0.29) is 24.5 Å². The van der Waals surface area contributed by atoms with Crippen LogP contribution in [-0.2, 0) is 30.3 Å². The number of thioether (sulfide) groups is 1. The van der Waals surface area contributed by atoms with Crippen LogP contribution in [0.1, 0.15) is 12.7 Å². The van der Waals surface area contributed by atoms with Crippen LogP contribution in [0.5, 0.6) is 0 Å². The molecule has 9 nitrogen and oxygen atoms in total. The molecular weight excluding hydrogens is 472 g/mol. The molecule has 0 saturated carbocycles. The Bertz CT molecular complexity index is 1170. The first kappa shape index (κ1) is 22.9. The monoisotopic (exact) mass is 490 g/mol. The largest absolute Gasteiger partial charge is 0.477 e. The molecule has 1 saturated heterocycles. The normalized spacial score (nSPS) is 19.6. The quantitative estimate of drug-likeness (QED) is 0.447. The number of nitrogens with zero attached hydrogens (tertiary/aromatic N) is 1. The number of carbonyl (C=O) groups excluding carboxylic acids is 3. The summed E-state index contributed by atoms with van der Waals surface area (Å²) in [7, 11) is 0. The molecule has 1 aromatic heterocycles. The molecule has 2 atom stereocenters. The predicted octanol–water partition coefficient (Wildman–Crippen LogP) is 2.44. The van der Waals surface area contributed by atoms with E-state index in [4.69, 9.17) is 20.8 Å². The fraction of sp³-hybridized carbons (Fsp3) is 0.273. The van der Waals surface area contributed by atoms with E-state index in [0.717, 1.165) is 4.90 Å². The van der Waals surface area contributed by atoms with Crippen LogP contribution in [0, 0.1) is 0 Å². The van der Waals surface area contributed by atoms with Gasteiger partial charge in [-0.25, -0.2) is 4.79 Å². The Morgan fingerprint density at radius 3 is 2.73 bits per heavy atom. The first-order valence-electron chi connectivity index (χ1n) is 9.92. The Morgan fingerprint density at radius 1 is 1.27 bits per heavy atom. The van der Waals surface area contributed by atoms with E-state index >= 15 is 0 Å². The number of β-lactam (4-membered cyclic amide) rings is 1. The summed E-state index contributed by atoms with van der Waals surface area (Å²) in [6, 6.07) is 9.68. The highest BCUT2D eigenvalue weighted by Gasteiger charge is 2.54. The lowest BCUT2D eigenvalue weighted by Gasteiger charge is -2.49. The number of aliphatic carboxylic acids is 1. The highest BCUT2D eigenvalue weighted by Crippen LogP contribution is 2.40. The number of carboxylic acids is 1. The second-order valence-corrected chi connectivity index (χ2v) is 8.93. The number of fused-ring (bicyclic) bond motifs is 1. The van der Waals surface area contributed by atoms with E-state index < -0.39 is 35.2 Å². The number of nitrogens with one attached hydrogen (secondary N) is 1. The number of amides is 2. The van der Waals surface area contributed by atoms with Gasteiger partial charge in [0.05, 0.1) is 11.4 Å². The van der Waals surface area contributed by atoms with Crippen molar-refractivity contribution < 1.29 is 33.4 Å². The SMILES string of the molecule is CC(=O)OCC1=C(C(=O)O)N2C(=O)[C@@H](NC(=O)Cc3ccc(-c4ccccc4Cl)o3)[C@H]2SC1. The van der Waals surface area contributed by atoms with Crippen LogP contribution in [0.15, 0.2) is 52.1 Å². The van der Waals surface area contributed by atoms with Crippen molar-refractivity contribution in [3.8, 4) is 11.3 Å². The molecule has 1 aromatic carbocycles. The predicted molar refractivity (Wildman–Crippen MR) is 119 cm³/mol. The van der Waals surface area contributed by atoms with Gasteiger partial charge in [0.1, 0.15) is 35.2 Å². The maximum atomic E-state index is 12.7. The third-order valence-corrected chi connectivity index (χ3v) is 6.82. The maximum Gasteiger partial charge on any atom is 0.352 e. The topological polar surface area (TPSA) is 126 Å². The molecule has 11 heteroatoms. The third kappa shape index (κ3) is 4.62. The lowest BCUT2D eigenvalue weighted by molar-refractivity contribution is -0.151. The average molecular weight is 491 g/mol. The summed E-state index contributed by atoms with van der Waals surface area (Å²) in [6.07, 6.45) is -0.0923. The summed E-state index contributed by atoms with van der Waals surface area (Å²) in [4.78, 5) is 49.1. The summed E-state index contributed by atoms with van der Waals surface area (Å²) < 4.78 is 10.6. The van der Waals surface area contributed by atoms with Gasteiger partial charge in [0, 0.05) is 23.8 Å². The van der Waals surface area contributed by atoms with Crippen molar-refractivity contribution in [2.75, 3.05) is 12.4 Å². The molecule has 172 valence electrons. The molecule has 0 bridgehead atoms. The van der Waals surface area contributed by atoms with E-state index in [1.807, 2.05) is 6.07 Å². The zero-order valence-corrected chi connectivity index (χ0v) is 18.9. The molecule has 2 aliphatic rings. The van der Waals surface area contributed by atoms with Crippen molar-refractivity contribution in [1.82, 2.24) is 10.2 Å². The Hall–Kier alpha value is -3.24. The number of hydrogen-bond acceptors (Lipinski definition) is 7. The minimum Gasteiger partial charge on any atom is -0.477 e. The smallest absolute Gasteiger partial charge is 0.352 e. The maximum absolute atomic E-state index is 12.7. The molecule has 33 heavy (non-hydrogen) atoms. The van der Waals surface area contributed by atoms with E-state index in [1.165, 1.54) is 18.7 Å². The molecule has 2 aromatic rings. The molecule has 2 amide bonds. The van der Waals surface area contributed by atoms with Crippen LogP contribution in [0.4, 0.5) is 0 Å². The van der Waals surface area contributed by atoms with Crippen LogP contribution >= 0.6 is 23.4 Å². The standard InChI is InChI=1S/C22H19ClN2O7S/c1-11(26)31-9-12-10-33-21-18(20(28)25(21)19(12)22(29)30)24-17(27)8-13-6-7-16(32-13)14-4-2-3-5-15(14)23/h2-7,18,21H,8-10H2,1H3,(H,24,27)(H,29,30)/t18-,21-/m1/s1. The van der Waals surface area contributed by atoms with Gasteiger partial charge >= 0.3 is 11.9 Å². The van der Waals surface area contributed by atoms with Crippen LogP contribution in [0.3, 0.4) is 0 Å². The van der Waals surface area contributed by atoms with Crippen LogP contribution in [0.2, 0.25) is 5.02 Å². The molecule has 3 heterocycles. The van der Waals surface area contributed by atoms with E-state index in [2.05, 4.69) is 5.32 Å². The Labute approximate surface area is 197 Å². The van der Waals surface area contributed by atoms with Crippen molar-refractivity contribution in [3.05, 3.63) is 58.5 Å². The third-order valence-electron chi connectivity index (χ3n) is 5.15. The van der Waals surface area contributed by atoms with Gasteiger partial charge in [-0.3, -0.25) is 19.3 Å². The fourth-order valence-electron chi connectivity index (χ4n) is 3.64. The molecular formula is C22H19ClN2O7S. The number of furan rings is 1. The van der Waals surface area contributed by atoms with Gasteiger partial charge < -0.3 is 19.6 Å². The van der Waals surface area contributed by atoms with E-state index in [1.54, 1.807) is 30.3 Å². The van der Waals surface area contributed by atoms with Crippen LogP contribution in [-0.4, -0.2) is 57.5 Å². The number of benzene rings is 1. The summed E-state index contributed by atoms with van der Waals surface area (Å²) in [5, 5.41) is 12.2. The lowest BCUT2D eigenvalue weighted by atomic mass is 10.0. The van der Waals surface area contributed by atoms with Gasteiger partial charge in [-0.2, -0.15) is 0 Å². The van der Waals surface area contributed by atoms with Crippen molar-refractivity contribution in [2.45, 2.75) is 24.8 Å². The summed E-state index contributed by atoms with van der Waals surface area (Å²) in [5.74, 6) is -1.62. The molecule has 4 rings (SSSR count). The van der Waals surface area contributed by atoms with Gasteiger partial charge in [0.15, 0.2) is 0 Å². The van der Waals surface area contributed by atoms with Crippen molar-refractivity contribution in [3.63, 3.8) is 0 Å². The lowest BCUT2D eigenvalue weighted by Crippen LogP contribution is -2.70. The molecule has 0 radical (unpaired) electrons. The van der Waals surface area contributed by atoms with E-state index in [9.17, 15) is 24.3 Å². The number of hydrogen-bond donors (Lipinski definition) is 2. The minimum atomic E-state index is -1.29. The van der Waals surface area contributed by atoms with Crippen molar-refractivity contribution in [1.29, 1.82) is 0 Å². The van der Waals surface area contributed by atoms with Crippen molar-refractivity contribution >= 4 is 47.1 Å². The zero-order chi connectivity index (χ0) is 23.7. The van der Waals surface area contributed by atoms with Crippen LogP contribution in [0.25, 0.3) is 11.3 Å². The second kappa shape index (κ2) is 9.32. The number of carbonyl (C=O) groups is 4. The molecule has 1 fully saturated rings. The summed E-state index contributed by atoms with van der Waals surface area (Å²) in [5.41, 5.74) is 0.831. The van der Waals surface area contributed by atoms with E-state index in [0.29, 0.717) is 27.7 Å². The van der Waals surface area contributed by atoms with Gasteiger partial charge in [-0.05, 0) is 24.3 Å². The Balaban J connectivity index is 1.41. The second-order valence-electron chi connectivity index (χ2n) is 7.42. The Morgan fingerprint density at radius 2 is 2.03 bits per heavy atom. The van der Waals surface area contributed by atoms with Gasteiger partial charge in [-0.1, -0.05) is 23.7 Å². The molecule has 0 spiro atoms. The van der Waals surface area contributed by atoms with Crippen LogP contribution < -0.4 is 5.32 Å². The molecule has 0 aliphatic carbocycles. The average Bonchev–Trinajstić information content (AvgIpc) is 3.23. The molecule has 0 unspecified atom stereocenters. The first-order chi connectivity index (χ1) is 15.8. The van der Waals surface area contributed by atoms with Gasteiger partial charge in [0.25, 0.3) is 5.91 Å². The first-order valence-corrected chi connectivity index (χ1v) is 11.3. The number of esters is 1. The highest BCUT2D eigenvalue weighted by molar-refractivity contribution is 8.00. The Kier molecular flexibility index (Phi) is 6.48. The number of halogens is 1. The zero-order valence-electron chi connectivity index (χ0n) is 17.4.